The minimum atomic E-state index is -1.04. The molecular weight excluding hydrogens is 426 g/mol. The molecule has 10 heteroatoms. The summed E-state index contributed by atoms with van der Waals surface area (Å²) < 4.78 is 0. The Morgan fingerprint density at radius 2 is 1.64 bits per heavy atom. The molecule has 10 nitrogen and oxygen atoms in total. The van der Waals surface area contributed by atoms with Crippen LogP contribution < -0.4 is 16.4 Å². The Kier molecular flexibility index (Phi) is 16.4. The number of unbranched alkanes of at least 4 members (excludes halogenated alkanes) is 1. The van der Waals surface area contributed by atoms with Gasteiger partial charge in [0.25, 0.3) is 0 Å². The highest BCUT2D eigenvalue weighted by atomic mass is 16.4. The van der Waals surface area contributed by atoms with Crippen molar-refractivity contribution in [2.24, 2.45) is 5.73 Å². The maximum absolute atomic E-state index is 12.3. The fourth-order valence-corrected chi connectivity index (χ4v) is 3.06. The lowest BCUT2D eigenvalue weighted by Crippen LogP contribution is -2.44. The van der Waals surface area contributed by atoms with Gasteiger partial charge in [-0.2, -0.15) is 0 Å². The van der Waals surface area contributed by atoms with Gasteiger partial charge in [-0.1, -0.05) is 25.3 Å². The third-order valence-electron chi connectivity index (χ3n) is 4.71. The molecule has 0 saturated heterocycles. The first-order valence-electron chi connectivity index (χ1n) is 11.1. The molecule has 0 bridgehead atoms. The molecule has 0 aliphatic rings. The Hall–Kier alpha value is -2.69. The largest absolute Gasteiger partial charge is 0.512 e. The Morgan fingerprint density at radius 3 is 2.18 bits per heavy atom. The molecule has 0 rings (SSSR count). The number of rotatable bonds is 20. The Balaban J connectivity index is 4.39. The minimum absolute atomic E-state index is 0.00575. The van der Waals surface area contributed by atoms with Crippen molar-refractivity contribution in [2.45, 2.75) is 39.2 Å². The summed E-state index contributed by atoms with van der Waals surface area (Å²) in [4.78, 5) is 38.0. The van der Waals surface area contributed by atoms with Gasteiger partial charge in [0.2, 0.25) is 5.91 Å². The van der Waals surface area contributed by atoms with Crippen molar-refractivity contribution in [1.82, 2.24) is 20.4 Å². The number of aliphatic hydroxyl groups is 1. The zero-order valence-electron chi connectivity index (χ0n) is 20.0. The number of nitrogens with two attached hydrogens (primary N) is 1. The van der Waals surface area contributed by atoms with Crippen LogP contribution in [-0.2, 0) is 14.4 Å². The third-order valence-corrected chi connectivity index (χ3v) is 4.71. The summed E-state index contributed by atoms with van der Waals surface area (Å²) in [6, 6.07) is -0.152. The quantitative estimate of drug-likeness (QED) is 0.0987. The summed E-state index contributed by atoms with van der Waals surface area (Å²) >= 11 is 0. The molecule has 0 spiro atoms. The number of carboxylic acid groups (broad SMARTS) is 1. The molecule has 0 aliphatic heterocycles. The maximum atomic E-state index is 12.3. The molecule has 33 heavy (non-hydrogen) atoms. The van der Waals surface area contributed by atoms with Crippen LogP contribution in [0, 0.1) is 0 Å². The highest BCUT2D eigenvalue weighted by molar-refractivity contribution is 5.80. The van der Waals surface area contributed by atoms with E-state index in [1.807, 2.05) is 19.1 Å². The lowest BCUT2D eigenvalue weighted by molar-refractivity contribution is -0.138. The van der Waals surface area contributed by atoms with Crippen molar-refractivity contribution < 1.29 is 24.6 Å². The van der Waals surface area contributed by atoms with E-state index in [1.165, 1.54) is 11.8 Å². The first kappa shape index (κ1) is 30.3. The van der Waals surface area contributed by atoms with E-state index in [0.717, 1.165) is 25.0 Å². The lowest BCUT2D eigenvalue weighted by Gasteiger charge is -2.25. The summed E-state index contributed by atoms with van der Waals surface area (Å²) in [5.74, 6) is -1.50. The Morgan fingerprint density at radius 1 is 1.00 bits per heavy atom. The summed E-state index contributed by atoms with van der Waals surface area (Å²) in [6.07, 6.45) is 6.28. The monoisotopic (exact) mass is 467 g/mol. The van der Waals surface area contributed by atoms with Gasteiger partial charge in [-0.15, -0.1) is 0 Å². The van der Waals surface area contributed by atoms with E-state index in [-0.39, 0.29) is 56.2 Å². The highest BCUT2D eigenvalue weighted by Crippen LogP contribution is 2.04. The zero-order chi connectivity index (χ0) is 25.2. The lowest BCUT2D eigenvalue weighted by atomic mass is 10.1. The van der Waals surface area contributed by atoms with Crippen molar-refractivity contribution in [3.8, 4) is 0 Å². The molecule has 0 unspecified atom stereocenters. The Bertz CT molecular complexity index is 664. The molecule has 1 atom stereocenters. The molecule has 1 amide bonds. The highest BCUT2D eigenvalue weighted by Gasteiger charge is 2.16. The first-order chi connectivity index (χ1) is 15.5. The van der Waals surface area contributed by atoms with Crippen LogP contribution in [0.1, 0.15) is 33.1 Å². The van der Waals surface area contributed by atoms with E-state index in [2.05, 4.69) is 23.8 Å². The number of aliphatic hydroxyl groups excluding tert-OH is 1. The third kappa shape index (κ3) is 17.5. The fraction of sp³-hybridized carbons (Fsp3) is 0.609. The van der Waals surface area contributed by atoms with Crippen molar-refractivity contribution in [3.63, 3.8) is 0 Å². The van der Waals surface area contributed by atoms with E-state index in [1.54, 1.807) is 4.90 Å². The molecule has 0 fully saturated rings. The fourth-order valence-electron chi connectivity index (χ4n) is 3.06. The number of aliphatic carboxylic acids is 1. The number of ketones is 1. The molecule has 0 aromatic carbocycles. The average molecular weight is 468 g/mol. The van der Waals surface area contributed by atoms with Gasteiger partial charge in [0.15, 0.2) is 0 Å². The van der Waals surface area contributed by atoms with Crippen LogP contribution >= 0.6 is 0 Å². The smallest absolute Gasteiger partial charge is 0.317 e. The number of allylic oxidation sites excluding steroid dienone is 1. The van der Waals surface area contributed by atoms with Crippen LogP contribution in [0.2, 0.25) is 0 Å². The number of Topliss-reactive ketones (excluding diaryl/α,β-unsaturated/α-hetero) is 1. The van der Waals surface area contributed by atoms with Gasteiger partial charge < -0.3 is 26.6 Å². The molecule has 0 saturated carbocycles. The second-order valence-corrected chi connectivity index (χ2v) is 8.01. The predicted molar refractivity (Wildman–Crippen MR) is 130 cm³/mol. The molecule has 0 aromatic rings. The summed E-state index contributed by atoms with van der Waals surface area (Å²) in [5.41, 5.74) is 6.89. The number of hydrogen-bond acceptors (Lipinski definition) is 8. The van der Waals surface area contributed by atoms with E-state index in [9.17, 15) is 19.5 Å². The van der Waals surface area contributed by atoms with E-state index >= 15 is 0 Å². The van der Waals surface area contributed by atoms with Gasteiger partial charge in [0.05, 0.1) is 31.9 Å². The van der Waals surface area contributed by atoms with Crippen LogP contribution in [0.15, 0.2) is 36.8 Å². The second-order valence-electron chi connectivity index (χ2n) is 8.01. The van der Waals surface area contributed by atoms with Gasteiger partial charge >= 0.3 is 5.97 Å². The average Bonchev–Trinajstić information content (AvgIpc) is 2.70. The van der Waals surface area contributed by atoms with Crippen molar-refractivity contribution in [2.75, 3.05) is 52.4 Å². The second kappa shape index (κ2) is 17.8. The van der Waals surface area contributed by atoms with Crippen molar-refractivity contribution in [1.29, 1.82) is 0 Å². The number of nitrogens with zero attached hydrogens (tertiary/aromatic N) is 2. The SMILES string of the molecule is C=C(O)CN(CCN(CC(C)=O)CC(=O)NCCCC[C@H](N)C(=C)NC/C=C\C)CC(=O)O. The topological polar surface area (TPSA) is 148 Å². The number of carboxylic acids is 1. The normalized spacial score (nSPS) is 12.2. The van der Waals surface area contributed by atoms with E-state index in [4.69, 9.17) is 10.8 Å². The summed E-state index contributed by atoms with van der Waals surface area (Å²) in [7, 11) is 0. The van der Waals surface area contributed by atoms with Gasteiger partial charge in [-0.05, 0) is 33.1 Å². The van der Waals surface area contributed by atoms with Gasteiger partial charge in [-0.25, -0.2) is 0 Å². The van der Waals surface area contributed by atoms with Crippen LogP contribution in [0.25, 0.3) is 0 Å². The summed E-state index contributed by atoms with van der Waals surface area (Å²) in [6.45, 7) is 12.3. The molecule has 6 N–H and O–H groups in total. The van der Waals surface area contributed by atoms with Gasteiger partial charge in [-0.3, -0.25) is 24.2 Å². The molecule has 0 aromatic heterocycles. The van der Waals surface area contributed by atoms with Crippen LogP contribution in [-0.4, -0.2) is 96.1 Å². The number of carbonyl (C=O) groups excluding carboxylic acids is 2. The molecule has 0 heterocycles. The number of hydrogen-bond donors (Lipinski definition) is 5. The van der Waals surface area contributed by atoms with Crippen molar-refractivity contribution in [3.05, 3.63) is 36.8 Å². The van der Waals surface area contributed by atoms with Gasteiger partial charge in [0.1, 0.15) is 5.78 Å². The maximum Gasteiger partial charge on any atom is 0.317 e. The van der Waals surface area contributed by atoms with Crippen LogP contribution in [0.4, 0.5) is 0 Å². The van der Waals surface area contributed by atoms with Crippen LogP contribution in [0.3, 0.4) is 0 Å². The standard InChI is InChI=1S/C23H41N5O5/c1-5-6-10-25-20(4)21(24)9-7-8-11-26-22(31)16-27(14-18(2)29)12-13-28(15-19(3)30)17-23(32)33/h5-6,21,25,30H,3-4,7-17,24H2,1-2H3,(H,26,31)(H,32,33)/b6-5-/t21-/m0/s1. The molecular formula is C23H41N5O5. The minimum Gasteiger partial charge on any atom is -0.512 e. The van der Waals surface area contributed by atoms with Gasteiger partial charge in [0, 0.05) is 37.9 Å². The zero-order valence-corrected chi connectivity index (χ0v) is 20.0. The summed E-state index contributed by atoms with van der Waals surface area (Å²) in [5, 5.41) is 24.4. The Labute approximate surface area is 197 Å². The van der Waals surface area contributed by atoms with Crippen LogP contribution in [0.5, 0.6) is 0 Å². The van der Waals surface area contributed by atoms with Crippen molar-refractivity contribution >= 4 is 17.7 Å². The molecule has 188 valence electrons. The number of nitrogens with one attached hydrogen (secondary N) is 2. The first-order valence-corrected chi connectivity index (χ1v) is 11.1. The van der Waals surface area contributed by atoms with E-state index < -0.39 is 5.97 Å². The number of amides is 1. The molecule has 0 aliphatic carbocycles. The predicted octanol–water partition coefficient (Wildman–Crippen LogP) is 0.629. The van der Waals surface area contributed by atoms with E-state index in [0.29, 0.717) is 19.6 Å². The number of carbonyl (C=O) groups is 3. The molecule has 0 radical (unpaired) electrons.